The Kier molecular flexibility index (Phi) is 1.85. The van der Waals surface area contributed by atoms with Crippen LogP contribution in [0.5, 0.6) is 5.75 Å². The number of aromatic amines is 1. The van der Waals surface area contributed by atoms with Crippen molar-refractivity contribution in [2.45, 2.75) is 0 Å². The molecule has 0 aliphatic rings. The molecule has 0 unspecified atom stereocenters. The second kappa shape index (κ2) is 3.02. The molecule has 1 heterocycles. The second-order valence-corrected chi connectivity index (χ2v) is 2.76. The van der Waals surface area contributed by atoms with Crippen LogP contribution in [0.4, 0.5) is 0 Å². The highest BCUT2D eigenvalue weighted by Crippen LogP contribution is 2.26. The fourth-order valence-electron chi connectivity index (χ4n) is 1.37. The van der Waals surface area contributed by atoms with E-state index in [1.807, 2.05) is 0 Å². The van der Waals surface area contributed by atoms with E-state index in [9.17, 15) is 4.79 Å². The normalized spacial score (nSPS) is 10.4. The lowest BCUT2D eigenvalue weighted by Gasteiger charge is -2.00. The molecule has 0 spiro atoms. The monoisotopic (exact) mass is 192 g/mol. The zero-order valence-corrected chi connectivity index (χ0v) is 7.44. The summed E-state index contributed by atoms with van der Waals surface area (Å²) in [6.45, 7) is 0. The minimum absolute atomic E-state index is 0.0162. The Bertz CT molecular complexity index is 490. The molecule has 2 rings (SSSR count). The SMILES string of the molecule is COc1cccc2[nH]nc(C(=O)O)c12. The maximum absolute atomic E-state index is 10.8. The molecule has 0 radical (unpaired) electrons. The number of hydrogen-bond acceptors (Lipinski definition) is 3. The smallest absolute Gasteiger partial charge is 0.357 e. The van der Waals surface area contributed by atoms with Crippen LogP contribution in [0.2, 0.25) is 0 Å². The summed E-state index contributed by atoms with van der Waals surface area (Å²) in [5.74, 6) is -0.561. The number of aromatic carboxylic acids is 1. The number of nitrogens with zero attached hydrogens (tertiary/aromatic N) is 1. The van der Waals surface area contributed by atoms with E-state index in [0.717, 1.165) is 0 Å². The molecular weight excluding hydrogens is 184 g/mol. The maximum Gasteiger partial charge on any atom is 0.357 e. The predicted molar refractivity (Wildman–Crippen MR) is 49.6 cm³/mol. The van der Waals surface area contributed by atoms with Gasteiger partial charge in [-0.05, 0) is 12.1 Å². The zero-order chi connectivity index (χ0) is 10.1. The number of carboxylic acid groups (broad SMARTS) is 1. The second-order valence-electron chi connectivity index (χ2n) is 2.76. The largest absolute Gasteiger partial charge is 0.496 e. The van der Waals surface area contributed by atoms with Gasteiger partial charge in [0.15, 0.2) is 5.69 Å². The van der Waals surface area contributed by atoms with Crippen LogP contribution in [0.3, 0.4) is 0 Å². The first kappa shape index (κ1) is 8.55. The highest BCUT2D eigenvalue weighted by molar-refractivity contribution is 6.03. The Balaban J connectivity index is 2.81. The molecule has 2 aromatic rings. The van der Waals surface area contributed by atoms with Crippen LogP contribution in [0.25, 0.3) is 10.9 Å². The van der Waals surface area contributed by atoms with Gasteiger partial charge in [0.2, 0.25) is 0 Å². The minimum Gasteiger partial charge on any atom is -0.496 e. The molecule has 0 amide bonds. The van der Waals surface area contributed by atoms with E-state index in [-0.39, 0.29) is 5.69 Å². The lowest BCUT2D eigenvalue weighted by atomic mass is 10.2. The van der Waals surface area contributed by atoms with Crippen molar-refractivity contribution in [2.75, 3.05) is 7.11 Å². The van der Waals surface area contributed by atoms with Crippen molar-refractivity contribution in [1.29, 1.82) is 0 Å². The van der Waals surface area contributed by atoms with Crippen molar-refractivity contribution in [3.8, 4) is 5.75 Å². The summed E-state index contributed by atoms with van der Waals surface area (Å²) >= 11 is 0. The van der Waals surface area contributed by atoms with E-state index in [4.69, 9.17) is 9.84 Å². The Hall–Kier alpha value is -2.04. The molecule has 14 heavy (non-hydrogen) atoms. The van der Waals surface area contributed by atoms with Gasteiger partial charge in [-0.25, -0.2) is 4.79 Å². The van der Waals surface area contributed by atoms with Crippen LogP contribution in [0.1, 0.15) is 10.5 Å². The maximum atomic E-state index is 10.8. The van der Waals surface area contributed by atoms with Crippen LogP contribution in [0, 0.1) is 0 Å². The molecular formula is C9H8N2O3. The van der Waals surface area contributed by atoms with Gasteiger partial charge < -0.3 is 9.84 Å². The molecule has 0 saturated heterocycles. The first-order valence-electron chi connectivity index (χ1n) is 3.98. The number of aromatic nitrogens is 2. The van der Waals surface area contributed by atoms with Gasteiger partial charge in [0.1, 0.15) is 5.75 Å². The quantitative estimate of drug-likeness (QED) is 0.751. The van der Waals surface area contributed by atoms with E-state index < -0.39 is 5.97 Å². The fourth-order valence-corrected chi connectivity index (χ4v) is 1.37. The van der Waals surface area contributed by atoms with Gasteiger partial charge in [-0.2, -0.15) is 5.10 Å². The Morgan fingerprint density at radius 3 is 3.00 bits per heavy atom. The third-order valence-electron chi connectivity index (χ3n) is 1.97. The molecule has 1 aromatic carbocycles. The van der Waals surface area contributed by atoms with E-state index >= 15 is 0 Å². The number of carbonyl (C=O) groups is 1. The Morgan fingerprint density at radius 2 is 2.36 bits per heavy atom. The summed E-state index contributed by atoms with van der Waals surface area (Å²) in [7, 11) is 1.49. The first-order valence-corrected chi connectivity index (χ1v) is 3.98. The third kappa shape index (κ3) is 1.10. The van der Waals surface area contributed by atoms with Crippen LogP contribution >= 0.6 is 0 Å². The number of methoxy groups -OCH3 is 1. The van der Waals surface area contributed by atoms with Crippen LogP contribution in [0.15, 0.2) is 18.2 Å². The predicted octanol–water partition coefficient (Wildman–Crippen LogP) is 1.27. The van der Waals surface area contributed by atoms with Crippen molar-refractivity contribution < 1.29 is 14.6 Å². The average molecular weight is 192 g/mol. The van der Waals surface area contributed by atoms with Gasteiger partial charge in [-0.1, -0.05) is 6.07 Å². The van der Waals surface area contributed by atoms with Crippen LogP contribution < -0.4 is 4.74 Å². The Labute approximate surface area is 79.3 Å². The molecule has 1 aromatic heterocycles. The van der Waals surface area contributed by atoms with Crippen LogP contribution in [-0.4, -0.2) is 28.4 Å². The highest BCUT2D eigenvalue weighted by Gasteiger charge is 2.15. The van der Waals surface area contributed by atoms with Crippen molar-refractivity contribution in [3.05, 3.63) is 23.9 Å². The van der Waals surface area contributed by atoms with E-state index in [1.165, 1.54) is 7.11 Å². The van der Waals surface area contributed by atoms with Crippen LogP contribution in [-0.2, 0) is 0 Å². The Morgan fingerprint density at radius 1 is 1.57 bits per heavy atom. The lowest BCUT2D eigenvalue weighted by molar-refractivity contribution is 0.0692. The lowest BCUT2D eigenvalue weighted by Crippen LogP contribution is -1.97. The number of carboxylic acids is 1. The van der Waals surface area contributed by atoms with Crippen molar-refractivity contribution >= 4 is 16.9 Å². The molecule has 5 heteroatoms. The molecule has 0 saturated carbocycles. The number of benzene rings is 1. The number of hydrogen-bond donors (Lipinski definition) is 2. The molecule has 0 aliphatic heterocycles. The van der Waals surface area contributed by atoms with E-state index in [0.29, 0.717) is 16.7 Å². The van der Waals surface area contributed by atoms with Gasteiger partial charge in [0, 0.05) is 0 Å². The summed E-state index contributed by atoms with van der Waals surface area (Å²) in [6.07, 6.45) is 0. The zero-order valence-electron chi connectivity index (χ0n) is 7.44. The van der Waals surface area contributed by atoms with Crippen molar-refractivity contribution in [3.63, 3.8) is 0 Å². The number of fused-ring (bicyclic) bond motifs is 1. The topological polar surface area (TPSA) is 75.2 Å². The van der Waals surface area contributed by atoms with Crippen molar-refractivity contribution in [1.82, 2.24) is 10.2 Å². The average Bonchev–Trinajstić information content (AvgIpc) is 2.60. The number of nitrogens with one attached hydrogen (secondary N) is 1. The van der Waals surface area contributed by atoms with Gasteiger partial charge in [0.25, 0.3) is 0 Å². The summed E-state index contributed by atoms with van der Waals surface area (Å²) in [6, 6.07) is 5.21. The fraction of sp³-hybridized carbons (Fsp3) is 0.111. The summed E-state index contributed by atoms with van der Waals surface area (Å²) < 4.78 is 5.05. The molecule has 5 nitrogen and oxygen atoms in total. The number of H-pyrrole nitrogens is 1. The summed E-state index contributed by atoms with van der Waals surface area (Å²) in [5, 5.41) is 15.7. The standard InChI is InChI=1S/C9H8N2O3/c1-14-6-4-2-3-5-7(6)8(9(12)13)11-10-5/h2-4H,1H3,(H,10,11)(H,12,13). The molecule has 0 aliphatic carbocycles. The third-order valence-corrected chi connectivity index (χ3v) is 1.97. The van der Waals surface area contributed by atoms with Gasteiger partial charge in [-0.3, -0.25) is 5.10 Å². The van der Waals surface area contributed by atoms with Crippen molar-refractivity contribution in [2.24, 2.45) is 0 Å². The molecule has 0 fully saturated rings. The first-order chi connectivity index (χ1) is 6.74. The van der Waals surface area contributed by atoms with Gasteiger partial charge >= 0.3 is 5.97 Å². The minimum atomic E-state index is -1.07. The molecule has 2 N–H and O–H groups in total. The van der Waals surface area contributed by atoms with Gasteiger partial charge in [0.05, 0.1) is 18.0 Å². The summed E-state index contributed by atoms with van der Waals surface area (Å²) in [5.41, 5.74) is 0.638. The number of ether oxygens (including phenoxy) is 1. The van der Waals surface area contributed by atoms with E-state index in [1.54, 1.807) is 18.2 Å². The highest BCUT2D eigenvalue weighted by atomic mass is 16.5. The van der Waals surface area contributed by atoms with Gasteiger partial charge in [-0.15, -0.1) is 0 Å². The number of rotatable bonds is 2. The molecule has 0 bridgehead atoms. The molecule has 0 atom stereocenters. The molecule has 72 valence electrons. The summed E-state index contributed by atoms with van der Waals surface area (Å²) in [4.78, 5) is 10.8. The van der Waals surface area contributed by atoms with E-state index in [2.05, 4.69) is 10.2 Å².